The summed E-state index contributed by atoms with van der Waals surface area (Å²) >= 11 is 0. The van der Waals surface area contributed by atoms with Crippen LogP contribution in [0.5, 0.6) is 0 Å². The van der Waals surface area contributed by atoms with E-state index in [1.54, 1.807) is 32.1 Å². The molecule has 0 heteroatoms. The van der Waals surface area contributed by atoms with E-state index in [4.69, 9.17) is 0 Å². The first-order valence-corrected chi connectivity index (χ1v) is 9.13. The van der Waals surface area contributed by atoms with Crippen LogP contribution in [0.25, 0.3) is 0 Å². The van der Waals surface area contributed by atoms with Gasteiger partial charge in [0, 0.05) is 0 Å². The maximum absolute atomic E-state index is 2.55. The molecule has 0 spiro atoms. The van der Waals surface area contributed by atoms with Gasteiger partial charge in [-0.05, 0) is 79.4 Å². The number of rotatable bonds is 8. The molecule has 0 N–H and O–H groups in total. The van der Waals surface area contributed by atoms with E-state index in [9.17, 15) is 0 Å². The van der Waals surface area contributed by atoms with Crippen molar-refractivity contribution in [2.24, 2.45) is 47.3 Å². The molecule has 3 aliphatic carbocycles. The lowest BCUT2D eigenvalue weighted by Crippen LogP contribution is -2.05. The molecule has 0 nitrogen and oxygen atoms in total. The van der Waals surface area contributed by atoms with Crippen LogP contribution in [0.2, 0.25) is 0 Å². The highest BCUT2D eigenvalue weighted by Gasteiger charge is 2.47. The minimum atomic E-state index is 1.02. The zero-order valence-corrected chi connectivity index (χ0v) is 13.6. The summed E-state index contributed by atoms with van der Waals surface area (Å²) in [5.41, 5.74) is 0. The average Bonchev–Trinajstić information content (AvgIpc) is 3.22. The fourth-order valence-corrected chi connectivity index (χ4v) is 5.08. The molecule has 8 unspecified atom stereocenters. The van der Waals surface area contributed by atoms with Crippen molar-refractivity contribution in [3.8, 4) is 0 Å². The van der Waals surface area contributed by atoms with Gasteiger partial charge in [-0.3, -0.25) is 0 Å². The molecule has 0 aliphatic heterocycles. The summed E-state index contributed by atoms with van der Waals surface area (Å²) in [5, 5.41) is 0. The highest BCUT2D eigenvalue weighted by molar-refractivity contribution is 4.97. The molecule has 0 aromatic heterocycles. The molecule has 3 aliphatic rings. The van der Waals surface area contributed by atoms with Crippen molar-refractivity contribution in [2.45, 2.75) is 72.6 Å². The van der Waals surface area contributed by atoms with E-state index in [0.717, 1.165) is 47.3 Å². The Bertz CT molecular complexity index is 307. The highest BCUT2D eigenvalue weighted by Crippen LogP contribution is 2.56. The summed E-state index contributed by atoms with van der Waals surface area (Å²) in [7, 11) is 0. The maximum Gasteiger partial charge on any atom is -0.0357 e. The minimum Gasteiger partial charge on any atom is -0.0651 e. The SMILES string of the molecule is CCC1CC1CC(C)C1CC1CC(C)C1CC1CC. The molecule has 0 aromatic rings. The van der Waals surface area contributed by atoms with Crippen molar-refractivity contribution in [2.75, 3.05) is 0 Å². The predicted octanol–water partition coefficient (Wildman–Crippen LogP) is 5.77. The van der Waals surface area contributed by atoms with Gasteiger partial charge in [0.05, 0.1) is 0 Å². The second-order valence-electron chi connectivity index (χ2n) is 8.32. The summed E-state index contributed by atoms with van der Waals surface area (Å²) in [6.45, 7) is 9.83. The topological polar surface area (TPSA) is 0 Å². The van der Waals surface area contributed by atoms with Gasteiger partial charge in [-0.1, -0.05) is 40.5 Å². The quantitative estimate of drug-likeness (QED) is 0.521. The molecule has 0 bridgehead atoms. The van der Waals surface area contributed by atoms with Crippen LogP contribution < -0.4 is 0 Å². The third kappa shape index (κ3) is 3.19. The minimum absolute atomic E-state index is 1.02. The molecule has 0 aromatic carbocycles. The first-order chi connectivity index (χ1) is 9.13. The Morgan fingerprint density at radius 3 is 1.74 bits per heavy atom. The van der Waals surface area contributed by atoms with Crippen molar-refractivity contribution in [1.82, 2.24) is 0 Å². The molecule has 0 saturated heterocycles. The Hall–Kier alpha value is 0. The molecule has 0 heterocycles. The standard InChI is InChI=1S/C19H34/c1-5-14-9-16(14)7-12(3)19-11-17(19)8-13(4)18-10-15(18)6-2/h12-19H,5-11H2,1-4H3. The van der Waals surface area contributed by atoms with E-state index in [1.165, 1.54) is 12.8 Å². The normalized spacial score (nSPS) is 46.7. The van der Waals surface area contributed by atoms with Crippen LogP contribution in [0.15, 0.2) is 0 Å². The van der Waals surface area contributed by atoms with E-state index in [1.807, 2.05) is 0 Å². The third-order valence-electron chi connectivity index (χ3n) is 6.88. The summed E-state index contributed by atoms with van der Waals surface area (Å²) in [5.74, 6) is 8.70. The van der Waals surface area contributed by atoms with Crippen LogP contribution in [-0.4, -0.2) is 0 Å². The Labute approximate surface area is 120 Å². The molecule has 8 atom stereocenters. The van der Waals surface area contributed by atoms with Crippen LogP contribution in [0.1, 0.15) is 72.6 Å². The average molecular weight is 262 g/mol. The van der Waals surface area contributed by atoms with Gasteiger partial charge < -0.3 is 0 Å². The van der Waals surface area contributed by atoms with Crippen LogP contribution >= 0.6 is 0 Å². The van der Waals surface area contributed by atoms with Crippen molar-refractivity contribution < 1.29 is 0 Å². The number of hydrogen-bond donors (Lipinski definition) is 0. The van der Waals surface area contributed by atoms with E-state index in [2.05, 4.69) is 27.7 Å². The van der Waals surface area contributed by atoms with Crippen LogP contribution in [0.4, 0.5) is 0 Å². The lowest BCUT2D eigenvalue weighted by molar-refractivity contribution is 0.359. The van der Waals surface area contributed by atoms with Crippen LogP contribution in [0, 0.1) is 47.3 Å². The second kappa shape index (κ2) is 5.41. The summed E-state index contributed by atoms with van der Waals surface area (Å²) in [6.07, 6.45) is 10.6. The van der Waals surface area contributed by atoms with E-state index in [-0.39, 0.29) is 0 Å². The number of hydrogen-bond acceptors (Lipinski definition) is 0. The fraction of sp³-hybridized carbons (Fsp3) is 1.00. The van der Waals surface area contributed by atoms with Crippen molar-refractivity contribution in [3.63, 3.8) is 0 Å². The highest BCUT2D eigenvalue weighted by atomic mass is 14.5. The van der Waals surface area contributed by atoms with E-state index >= 15 is 0 Å². The van der Waals surface area contributed by atoms with Crippen molar-refractivity contribution in [3.05, 3.63) is 0 Å². The Balaban J connectivity index is 1.34. The lowest BCUT2D eigenvalue weighted by atomic mass is 9.92. The van der Waals surface area contributed by atoms with Gasteiger partial charge in [-0.15, -0.1) is 0 Å². The van der Waals surface area contributed by atoms with Gasteiger partial charge in [-0.2, -0.15) is 0 Å². The smallest absolute Gasteiger partial charge is 0.0357 e. The van der Waals surface area contributed by atoms with Gasteiger partial charge in [0.2, 0.25) is 0 Å². The monoisotopic (exact) mass is 262 g/mol. The van der Waals surface area contributed by atoms with Crippen LogP contribution in [-0.2, 0) is 0 Å². The molecule has 110 valence electrons. The first-order valence-electron chi connectivity index (χ1n) is 9.13. The summed E-state index contributed by atoms with van der Waals surface area (Å²) in [4.78, 5) is 0. The van der Waals surface area contributed by atoms with E-state index < -0.39 is 0 Å². The Kier molecular flexibility index (Phi) is 3.98. The van der Waals surface area contributed by atoms with Gasteiger partial charge in [0.1, 0.15) is 0 Å². The first kappa shape index (κ1) is 14.0. The van der Waals surface area contributed by atoms with Gasteiger partial charge >= 0.3 is 0 Å². The second-order valence-corrected chi connectivity index (χ2v) is 8.32. The van der Waals surface area contributed by atoms with Gasteiger partial charge in [-0.25, -0.2) is 0 Å². The van der Waals surface area contributed by atoms with Crippen LogP contribution in [0.3, 0.4) is 0 Å². The van der Waals surface area contributed by atoms with Crippen molar-refractivity contribution in [1.29, 1.82) is 0 Å². The Morgan fingerprint density at radius 1 is 0.684 bits per heavy atom. The predicted molar refractivity (Wildman–Crippen MR) is 82.9 cm³/mol. The molecule has 19 heavy (non-hydrogen) atoms. The molecule has 0 radical (unpaired) electrons. The zero-order valence-electron chi connectivity index (χ0n) is 13.6. The molecule has 3 saturated carbocycles. The van der Waals surface area contributed by atoms with Crippen molar-refractivity contribution >= 4 is 0 Å². The van der Waals surface area contributed by atoms with Gasteiger partial charge in [0.15, 0.2) is 0 Å². The van der Waals surface area contributed by atoms with Gasteiger partial charge in [0.25, 0.3) is 0 Å². The molecule has 0 amide bonds. The molecule has 3 fully saturated rings. The summed E-state index contributed by atoms with van der Waals surface area (Å²) in [6, 6.07) is 0. The molecular weight excluding hydrogens is 228 g/mol. The van der Waals surface area contributed by atoms with E-state index in [0.29, 0.717) is 0 Å². The molecule has 3 rings (SSSR count). The Morgan fingerprint density at radius 2 is 1.21 bits per heavy atom. The summed E-state index contributed by atoms with van der Waals surface area (Å²) < 4.78 is 0. The third-order valence-corrected chi connectivity index (χ3v) is 6.88. The molecular formula is C19H34. The zero-order chi connectivity index (χ0) is 13.6. The lowest BCUT2D eigenvalue weighted by Gasteiger charge is -2.14. The largest absolute Gasteiger partial charge is 0.0651 e. The fourth-order valence-electron chi connectivity index (χ4n) is 5.08. The maximum atomic E-state index is 2.55.